The molecule has 0 saturated heterocycles. The fourth-order valence-corrected chi connectivity index (χ4v) is 5.52. The molecule has 2 atom stereocenters. The predicted molar refractivity (Wildman–Crippen MR) is 208 cm³/mol. The van der Waals surface area contributed by atoms with Gasteiger partial charge in [0.05, 0.1) is 6.54 Å². The van der Waals surface area contributed by atoms with Gasteiger partial charge in [-0.15, -0.1) is 0 Å². The van der Waals surface area contributed by atoms with Gasteiger partial charge in [0.15, 0.2) is 0 Å². The van der Waals surface area contributed by atoms with Gasteiger partial charge < -0.3 is 31.4 Å². The van der Waals surface area contributed by atoms with Gasteiger partial charge in [-0.3, -0.25) is 33.7 Å². The van der Waals surface area contributed by atoms with Crippen molar-refractivity contribution in [1.29, 1.82) is 0 Å². The number of nitrogens with zero attached hydrogens (tertiary/aromatic N) is 1. The van der Waals surface area contributed by atoms with Crippen LogP contribution in [-0.4, -0.2) is 84.8 Å². The highest BCUT2D eigenvalue weighted by molar-refractivity contribution is 5.94. The second-order valence-electron chi connectivity index (χ2n) is 12.8. The number of carbonyl (C=O) groups excluding carboxylic acids is 7. The zero-order valence-electron chi connectivity index (χ0n) is 31.9. The lowest BCUT2D eigenvalue weighted by Gasteiger charge is -2.22. The molecule has 3 rings (SSSR count). The van der Waals surface area contributed by atoms with E-state index >= 15 is 0 Å². The molecule has 13 heteroatoms. The maximum atomic E-state index is 13.4. The third-order valence-electron chi connectivity index (χ3n) is 7.98. The van der Waals surface area contributed by atoms with Gasteiger partial charge in [-0.2, -0.15) is 0 Å². The lowest BCUT2D eigenvalue weighted by molar-refractivity contribution is -0.133. The summed E-state index contributed by atoms with van der Waals surface area (Å²) in [5.41, 5.74) is 4.48. The van der Waals surface area contributed by atoms with Crippen LogP contribution in [0, 0.1) is 0 Å². The van der Waals surface area contributed by atoms with Gasteiger partial charge in [0, 0.05) is 52.9 Å². The van der Waals surface area contributed by atoms with E-state index in [1.54, 1.807) is 0 Å². The van der Waals surface area contributed by atoms with Gasteiger partial charge in [0.2, 0.25) is 29.5 Å². The number of hydrogen-bond acceptors (Lipinski definition) is 8. The number of benzene rings is 3. The zero-order valence-corrected chi connectivity index (χ0v) is 31.9. The molecule has 0 bridgehead atoms. The van der Waals surface area contributed by atoms with Crippen LogP contribution in [0.1, 0.15) is 64.2 Å². The van der Waals surface area contributed by atoms with Crippen molar-refractivity contribution >= 4 is 41.6 Å². The van der Waals surface area contributed by atoms with E-state index in [0.717, 1.165) is 47.1 Å². The number of carbonyl (C=O) groups is 7. The molecule has 3 aromatic rings. The number of Topliss-reactive ketones (excluding diaryl/α,β-unsaturated/α-hetero) is 1. The second kappa shape index (κ2) is 24.5. The number of amides is 5. The second-order valence-corrected chi connectivity index (χ2v) is 12.8. The molecule has 0 saturated carbocycles. The van der Waals surface area contributed by atoms with Crippen molar-refractivity contribution in [2.45, 2.75) is 79.1 Å². The van der Waals surface area contributed by atoms with Gasteiger partial charge in [-0.1, -0.05) is 85.8 Å². The summed E-state index contributed by atoms with van der Waals surface area (Å²) in [6, 6.07) is 22.8. The largest absolute Gasteiger partial charge is 0.355 e. The van der Waals surface area contributed by atoms with Crippen molar-refractivity contribution in [2.24, 2.45) is 0 Å². The van der Waals surface area contributed by atoms with Gasteiger partial charge in [-0.25, -0.2) is 0 Å². The first-order chi connectivity index (χ1) is 25.8. The maximum absolute atomic E-state index is 13.4. The molecule has 54 heavy (non-hydrogen) atoms. The highest BCUT2D eigenvalue weighted by atomic mass is 16.2. The molecule has 5 amide bonds. The zero-order chi connectivity index (χ0) is 39.9. The minimum Gasteiger partial charge on any atom is -0.355 e. The smallest absolute Gasteiger partial charge is 0.243 e. The van der Waals surface area contributed by atoms with Crippen molar-refractivity contribution in [3.63, 3.8) is 0 Å². The Hall–Kier alpha value is -5.69. The summed E-state index contributed by atoms with van der Waals surface area (Å²) in [7, 11) is 0. The Kier molecular flexibility index (Phi) is 20.2. The van der Waals surface area contributed by atoms with Crippen LogP contribution in [0.5, 0.6) is 0 Å². The van der Waals surface area contributed by atoms with Crippen LogP contribution in [0.3, 0.4) is 0 Å². The lowest BCUT2D eigenvalue weighted by atomic mass is 10.00. The van der Waals surface area contributed by atoms with E-state index in [0.29, 0.717) is 13.1 Å². The molecule has 0 unspecified atom stereocenters. The van der Waals surface area contributed by atoms with E-state index in [2.05, 4.69) is 26.6 Å². The SMILES string of the molecule is CC=O.CCCN(CCNC(C)=O)CC(=O)NCc1cccc(CNC(=O)[C@H](CC(C)=O)NC(=O)[C@H](Cc2ccc(-c3ccccc3)cc2)NC(C)=O)c1. The van der Waals surface area contributed by atoms with Gasteiger partial charge in [-0.05, 0) is 54.6 Å². The quantitative estimate of drug-likeness (QED) is 0.110. The lowest BCUT2D eigenvalue weighted by Crippen LogP contribution is -2.54. The number of aldehydes is 1. The van der Waals surface area contributed by atoms with Crippen LogP contribution < -0.4 is 26.6 Å². The Morgan fingerprint density at radius 1 is 0.667 bits per heavy atom. The van der Waals surface area contributed by atoms with Crippen LogP contribution in [0.2, 0.25) is 0 Å². The molecule has 13 nitrogen and oxygen atoms in total. The van der Waals surface area contributed by atoms with Crippen molar-refractivity contribution in [2.75, 3.05) is 26.2 Å². The summed E-state index contributed by atoms with van der Waals surface area (Å²) < 4.78 is 0. The summed E-state index contributed by atoms with van der Waals surface area (Å²) >= 11 is 0. The van der Waals surface area contributed by atoms with Gasteiger partial charge >= 0.3 is 0 Å². The van der Waals surface area contributed by atoms with Crippen LogP contribution in [0.25, 0.3) is 11.1 Å². The average Bonchev–Trinajstić information content (AvgIpc) is 3.13. The minimum atomic E-state index is -1.15. The Morgan fingerprint density at radius 3 is 1.85 bits per heavy atom. The molecule has 0 aromatic heterocycles. The summed E-state index contributed by atoms with van der Waals surface area (Å²) in [5.74, 6) is -2.06. The molecule has 290 valence electrons. The first kappa shape index (κ1) is 44.5. The van der Waals surface area contributed by atoms with E-state index in [1.807, 2.05) is 90.7 Å². The Labute approximate surface area is 318 Å². The van der Waals surface area contributed by atoms with E-state index < -0.39 is 29.8 Å². The third kappa shape index (κ3) is 17.7. The molecule has 3 aromatic carbocycles. The Morgan fingerprint density at radius 2 is 1.28 bits per heavy atom. The van der Waals surface area contributed by atoms with Crippen LogP contribution in [0.15, 0.2) is 78.9 Å². The Balaban J connectivity index is 0.00000325. The fourth-order valence-electron chi connectivity index (χ4n) is 5.52. The number of rotatable bonds is 20. The highest BCUT2D eigenvalue weighted by Crippen LogP contribution is 2.20. The molecular formula is C41H54N6O7. The highest BCUT2D eigenvalue weighted by Gasteiger charge is 2.27. The van der Waals surface area contributed by atoms with Crippen LogP contribution >= 0.6 is 0 Å². The first-order valence-corrected chi connectivity index (χ1v) is 18.0. The number of nitrogens with one attached hydrogen (secondary N) is 5. The molecule has 0 spiro atoms. The molecule has 0 fully saturated rings. The summed E-state index contributed by atoms with van der Waals surface area (Å²) in [6.45, 7) is 9.96. The summed E-state index contributed by atoms with van der Waals surface area (Å²) in [6.07, 6.45) is 1.59. The van der Waals surface area contributed by atoms with Gasteiger partial charge in [0.1, 0.15) is 24.2 Å². The standard InChI is InChI=1S/C39H50N6O6.C2H4O/c1-5-19-45(20-18-40-28(3)47)26-37(49)41-24-31-10-9-11-32(22-31)25-42-38(50)35(21-27(2)46)44-39(51)36(43-29(4)48)23-30-14-16-34(17-15-30)33-12-7-6-8-13-33;1-2-3/h6-17,22,35-36H,5,18-21,23-26H2,1-4H3,(H,40,47)(H,41,49)(H,42,50)(H,43,48)(H,44,51);2H,1H3/t35-,36-;/m0./s1. The number of ketones is 1. The molecule has 0 aliphatic heterocycles. The third-order valence-corrected chi connectivity index (χ3v) is 7.98. The summed E-state index contributed by atoms with van der Waals surface area (Å²) in [4.78, 5) is 85.4. The monoisotopic (exact) mass is 742 g/mol. The molecule has 0 heterocycles. The van der Waals surface area contributed by atoms with Crippen molar-refractivity contribution in [3.8, 4) is 11.1 Å². The minimum absolute atomic E-state index is 0.112. The Bertz CT molecular complexity index is 1680. The molecule has 5 N–H and O–H groups in total. The van der Waals surface area contributed by atoms with Crippen molar-refractivity contribution in [1.82, 2.24) is 31.5 Å². The maximum Gasteiger partial charge on any atom is 0.243 e. The van der Waals surface area contributed by atoms with E-state index in [1.165, 1.54) is 27.7 Å². The van der Waals surface area contributed by atoms with Crippen molar-refractivity contribution in [3.05, 3.63) is 95.6 Å². The van der Waals surface area contributed by atoms with Crippen LogP contribution in [-0.2, 0) is 53.1 Å². The average molecular weight is 743 g/mol. The normalized spacial score (nSPS) is 11.5. The van der Waals surface area contributed by atoms with Crippen molar-refractivity contribution < 1.29 is 33.6 Å². The summed E-state index contributed by atoms with van der Waals surface area (Å²) in [5, 5.41) is 13.8. The van der Waals surface area contributed by atoms with Crippen LogP contribution in [0.4, 0.5) is 0 Å². The first-order valence-electron chi connectivity index (χ1n) is 18.0. The molecule has 0 aliphatic carbocycles. The fraction of sp³-hybridized carbons (Fsp3) is 0.390. The molecule has 0 radical (unpaired) electrons. The molecule has 0 aliphatic rings. The predicted octanol–water partition coefficient (Wildman–Crippen LogP) is 2.85. The van der Waals surface area contributed by atoms with Gasteiger partial charge in [0.25, 0.3) is 0 Å². The molecular weight excluding hydrogens is 688 g/mol. The van der Waals surface area contributed by atoms with E-state index in [4.69, 9.17) is 4.79 Å². The number of hydrogen-bond donors (Lipinski definition) is 5. The van der Waals surface area contributed by atoms with E-state index in [-0.39, 0.29) is 50.1 Å². The topological polar surface area (TPSA) is 183 Å². The van der Waals surface area contributed by atoms with E-state index in [9.17, 15) is 28.8 Å².